The van der Waals surface area contributed by atoms with Crippen LogP contribution >= 0.6 is 21.3 Å². The van der Waals surface area contributed by atoms with Gasteiger partial charge in [0.1, 0.15) is 0 Å². The molecular formula is C7H10NO3PS. The quantitative estimate of drug-likeness (QED) is 0.165. The third kappa shape index (κ3) is 4.02. The molecule has 0 radical (unpaired) electrons. The van der Waals surface area contributed by atoms with Crippen molar-refractivity contribution in [1.29, 1.82) is 0 Å². The van der Waals surface area contributed by atoms with Crippen molar-refractivity contribution in [2.24, 2.45) is 0 Å². The average Bonchev–Trinajstić information content (AvgIpc) is 2.15. The predicted octanol–water partition coefficient (Wildman–Crippen LogP) is -0.654. The van der Waals surface area contributed by atoms with Crippen LogP contribution < -0.4 is 15.3 Å². The van der Waals surface area contributed by atoms with Crippen LogP contribution in [0.4, 0.5) is 0 Å². The molecule has 4 nitrogen and oxygen atoms in total. The predicted molar refractivity (Wildman–Crippen MR) is 50.6 cm³/mol. The third-order valence-electron chi connectivity index (χ3n) is 1.47. The van der Waals surface area contributed by atoms with Crippen molar-refractivity contribution in [1.82, 2.24) is 0 Å². The molecule has 0 amide bonds. The molecule has 1 rings (SSSR count). The van der Waals surface area contributed by atoms with Gasteiger partial charge in [-0.1, -0.05) is 0 Å². The Kier molecular flexibility index (Phi) is 5.27. The van der Waals surface area contributed by atoms with Crippen LogP contribution in [0.5, 0.6) is 0 Å². The Balaban J connectivity index is 2.32. The molecule has 0 spiro atoms. The molecule has 0 saturated heterocycles. The van der Waals surface area contributed by atoms with Crippen LogP contribution in [0.25, 0.3) is 0 Å². The van der Waals surface area contributed by atoms with E-state index in [1.165, 1.54) is 0 Å². The number of hydrogen-bond donors (Lipinski definition) is 0. The van der Waals surface area contributed by atoms with Gasteiger partial charge in [-0.05, 0) is 15.3 Å². The first-order valence-corrected chi connectivity index (χ1v) is 5.15. The van der Waals surface area contributed by atoms with E-state index in [9.17, 15) is 5.26 Å². The summed E-state index contributed by atoms with van der Waals surface area (Å²) in [5.41, 5.74) is 1.09. The van der Waals surface area contributed by atoms with E-state index in [2.05, 4.69) is 18.6 Å². The molecule has 1 aromatic rings. The normalized spacial score (nSPS) is 10.3. The fourth-order valence-electron chi connectivity index (χ4n) is 0.882. The molecule has 6 heteroatoms. The van der Waals surface area contributed by atoms with Crippen molar-refractivity contribution in [2.75, 3.05) is 5.75 Å². The number of aryl methyl sites for hydroxylation is 1. The zero-order chi connectivity index (χ0) is 9.52. The molecule has 0 N–H and O–H groups in total. The Labute approximate surface area is 83.1 Å². The highest BCUT2D eigenvalue weighted by Crippen LogP contribution is 1.99. The summed E-state index contributed by atoms with van der Waals surface area (Å²) in [4.78, 5) is 0. The van der Waals surface area contributed by atoms with E-state index in [-0.39, 0.29) is 0 Å². The number of hydrogen-bond acceptors (Lipinski definition) is 4. The summed E-state index contributed by atoms with van der Waals surface area (Å²) in [6.45, 7) is 0.772. The fourth-order valence-corrected chi connectivity index (χ4v) is 1.59. The highest BCUT2D eigenvalue weighted by atomic mass is 32.2. The van der Waals surface area contributed by atoms with Crippen molar-refractivity contribution in [3.8, 4) is 0 Å². The first-order chi connectivity index (χ1) is 6.34. The SMILES string of the molecule is [O-]OOSCC[n+]1ccccc1P. The van der Waals surface area contributed by atoms with Crippen molar-refractivity contribution in [3.05, 3.63) is 24.4 Å². The lowest BCUT2D eigenvalue weighted by atomic mass is 10.5. The van der Waals surface area contributed by atoms with Gasteiger partial charge in [0, 0.05) is 24.2 Å². The van der Waals surface area contributed by atoms with Gasteiger partial charge in [-0.25, -0.2) is 0 Å². The van der Waals surface area contributed by atoms with Crippen molar-refractivity contribution in [3.63, 3.8) is 0 Å². The van der Waals surface area contributed by atoms with Crippen molar-refractivity contribution >= 4 is 26.7 Å². The van der Waals surface area contributed by atoms with E-state index >= 15 is 0 Å². The van der Waals surface area contributed by atoms with Crippen LogP contribution in [-0.2, 0) is 15.9 Å². The first kappa shape index (κ1) is 10.9. The van der Waals surface area contributed by atoms with Gasteiger partial charge in [-0.3, -0.25) is 5.04 Å². The van der Waals surface area contributed by atoms with Gasteiger partial charge >= 0.3 is 0 Å². The summed E-state index contributed by atoms with van der Waals surface area (Å²) >= 11 is 0.992. The van der Waals surface area contributed by atoms with Gasteiger partial charge in [0.2, 0.25) is 0 Å². The molecule has 0 bridgehead atoms. The second-order valence-electron chi connectivity index (χ2n) is 2.28. The summed E-state index contributed by atoms with van der Waals surface area (Å²) in [5.74, 6) is 0.665. The summed E-state index contributed by atoms with van der Waals surface area (Å²) in [5, 5.41) is 12.7. The monoisotopic (exact) mass is 219 g/mol. The van der Waals surface area contributed by atoms with E-state index in [1.54, 1.807) is 0 Å². The Morgan fingerprint density at radius 2 is 2.38 bits per heavy atom. The molecule has 0 aromatic carbocycles. The number of pyridine rings is 1. The van der Waals surface area contributed by atoms with Gasteiger partial charge < -0.3 is 5.26 Å². The molecule has 1 atom stereocenters. The smallest absolute Gasteiger partial charge is 0.195 e. The third-order valence-corrected chi connectivity index (χ3v) is 2.49. The zero-order valence-electron chi connectivity index (χ0n) is 6.88. The molecule has 13 heavy (non-hydrogen) atoms. The lowest BCUT2D eigenvalue weighted by molar-refractivity contribution is -0.777. The van der Waals surface area contributed by atoms with Crippen LogP contribution in [0.1, 0.15) is 0 Å². The Morgan fingerprint density at radius 3 is 3.08 bits per heavy atom. The van der Waals surface area contributed by atoms with Gasteiger partial charge in [-0.2, -0.15) is 8.90 Å². The minimum atomic E-state index is 0.665. The maximum atomic E-state index is 9.45. The zero-order valence-corrected chi connectivity index (χ0v) is 8.85. The van der Waals surface area contributed by atoms with Crippen LogP contribution in [0, 0.1) is 0 Å². The maximum Gasteiger partial charge on any atom is 0.195 e. The molecular weight excluding hydrogens is 209 g/mol. The summed E-state index contributed by atoms with van der Waals surface area (Å²) < 4.78 is 6.17. The highest BCUT2D eigenvalue weighted by Gasteiger charge is 2.03. The first-order valence-electron chi connectivity index (χ1n) is 3.66. The van der Waals surface area contributed by atoms with E-state index in [1.807, 2.05) is 29.0 Å². The number of rotatable bonds is 5. The molecule has 1 unspecified atom stereocenters. The molecule has 0 aliphatic heterocycles. The van der Waals surface area contributed by atoms with Gasteiger partial charge in [0.05, 0.1) is 5.75 Å². The van der Waals surface area contributed by atoms with E-state index in [0.29, 0.717) is 5.75 Å². The fraction of sp³-hybridized carbons (Fsp3) is 0.286. The summed E-state index contributed by atoms with van der Waals surface area (Å²) in [7, 11) is 2.63. The summed E-state index contributed by atoms with van der Waals surface area (Å²) in [6, 6.07) is 5.90. The molecule has 1 heterocycles. The minimum Gasteiger partial charge on any atom is -0.691 e. The van der Waals surface area contributed by atoms with Crippen molar-refractivity contribution in [2.45, 2.75) is 6.54 Å². The lowest BCUT2D eigenvalue weighted by Gasteiger charge is -2.02. The summed E-state index contributed by atoms with van der Waals surface area (Å²) in [6.07, 6.45) is 1.96. The Morgan fingerprint density at radius 1 is 1.54 bits per heavy atom. The number of aromatic nitrogens is 1. The van der Waals surface area contributed by atoms with Crippen LogP contribution in [0.15, 0.2) is 24.4 Å². The molecule has 0 aliphatic rings. The second-order valence-corrected chi connectivity index (χ2v) is 3.65. The topological polar surface area (TPSA) is 45.4 Å². The van der Waals surface area contributed by atoms with Crippen molar-refractivity contribution < 1.29 is 19.2 Å². The largest absolute Gasteiger partial charge is 0.691 e. The standard InChI is InChI=1S/C7H10NO3PS/c9-10-11-13-6-5-8-4-2-1-3-7(8)12/h1-4H,5-6,12H2. The lowest BCUT2D eigenvalue weighted by Crippen LogP contribution is -2.46. The second kappa shape index (κ2) is 6.29. The Bertz CT molecular complexity index is 261. The molecule has 1 aromatic heterocycles. The Hall–Kier alpha value is -0.190. The van der Waals surface area contributed by atoms with E-state index in [4.69, 9.17) is 0 Å². The van der Waals surface area contributed by atoms with Gasteiger partial charge in [0.25, 0.3) is 0 Å². The molecule has 0 aliphatic carbocycles. The van der Waals surface area contributed by atoms with Crippen LogP contribution in [0.3, 0.4) is 0 Å². The number of nitrogens with zero attached hydrogens (tertiary/aromatic N) is 1. The highest BCUT2D eigenvalue weighted by molar-refractivity contribution is 7.94. The van der Waals surface area contributed by atoms with Gasteiger partial charge in [-0.15, -0.1) is 0 Å². The van der Waals surface area contributed by atoms with Crippen LogP contribution in [-0.4, -0.2) is 5.75 Å². The molecule has 72 valence electrons. The minimum absolute atomic E-state index is 0.665. The maximum absolute atomic E-state index is 9.45. The average molecular weight is 219 g/mol. The molecule has 0 fully saturated rings. The van der Waals surface area contributed by atoms with Gasteiger partial charge in [0.15, 0.2) is 18.2 Å². The van der Waals surface area contributed by atoms with Crippen LogP contribution in [0.2, 0.25) is 0 Å². The molecule has 0 saturated carbocycles. The van der Waals surface area contributed by atoms with E-state index in [0.717, 1.165) is 24.0 Å². The van der Waals surface area contributed by atoms with E-state index < -0.39 is 0 Å².